The lowest BCUT2D eigenvalue weighted by Gasteiger charge is -2.31. The van der Waals surface area contributed by atoms with Gasteiger partial charge >= 0.3 is 0 Å². The number of sulfonamides is 1. The van der Waals surface area contributed by atoms with Crippen LogP contribution in [0.5, 0.6) is 0 Å². The van der Waals surface area contributed by atoms with Gasteiger partial charge in [-0.25, -0.2) is 17.8 Å². The lowest BCUT2D eigenvalue weighted by Crippen LogP contribution is -2.39. The molecule has 0 bridgehead atoms. The minimum atomic E-state index is -3.63. The fourth-order valence-electron chi connectivity index (χ4n) is 3.54. The maximum absolute atomic E-state index is 13.5. The van der Waals surface area contributed by atoms with Crippen molar-refractivity contribution in [2.75, 3.05) is 13.1 Å². The first kappa shape index (κ1) is 18.8. The number of rotatable bonds is 4. The highest BCUT2D eigenvalue weighted by Crippen LogP contribution is 2.30. The molecule has 2 aromatic heterocycles. The summed E-state index contributed by atoms with van der Waals surface area (Å²) in [6.07, 6.45) is 4.61. The first-order valence-electron chi connectivity index (χ1n) is 9.14. The van der Waals surface area contributed by atoms with Crippen LogP contribution in [-0.4, -0.2) is 40.3 Å². The first-order valence-corrected chi connectivity index (χ1v) is 10.6. The predicted octanol–water partition coefficient (Wildman–Crippen LogP) is 3.19. The summed E-state index contributed by atoms with van der Waals surface area (Å²) in [5, 5.41) is 0.0668. The molecule has 1 saturated heterocycles. The van der Waals surface area contributed by atoms with E-state index in [-0.39, 0.29) is 16.8 Å². The van der Waals surface area contributed by atoms with Crippen molar-refractivity contribution >= 4 is 10.0 Å². The molecule has 0 saturated carbocycles. The molecule has 0 unspecified atom stereocenters. The summed E-state index contributed by atoms with van der Waals surface area (Å²) in [4.78, 5) is 8.70. The number of hydrogen-bond donors (Lipinski definition) is 0. The number of aromatic nitrogens is 3. The van der Waals surface area contributed by atoms with Gasteiger partial charge in [-0.2, -0.15) is 4.31 Å². The van der Waals surface area contributed by atoms with Crippen molar-refractivity contribution in [1.82, 2.24) is 18.8 Å². The van der Waals surface area contributed by atoms with Crippen LogP contribution in [0.25, 0.3) is 11.3 Å². The smallest absolute Gasteiger partial charge is 0.262 e. The Morgan fingerprint density at radius 3 is 2.75 bits per heavy atom. The second-order valence-corrected chi connectivity index (χ2v) is 8.92. The van der Waals surface area contributed by atoms with Crippen LogP contribution in [0, 0.1) is 5.82 Å². The summed E-state index contributed by atoms with van der Waals surface area (Å²) >= 11 is 0. The van der Waals surface area contributed by atoms with Crippen LogP contribution in [0.15, 0.2) is 60.0 Å². The normalized spacial score (nSPS) is 18.3. The highest BCUT2D eigenvalue weighted by atomic mass is 32.2. The van der Waals surface area contributed by atoms with Gasteiger partial charge in [0.15, 0.2) is 5.03 Å². The standard InChI is InChI=1S/C20H21FN4O2S/c1-24-13-20(22-14-24)28(26,27)25-10-4-6-16(12-25)19-9-3-8-18(23-19)15-5-2-7-17(21)11-15/h2-3,5,7-9,11,13-14,16H,4,6,10,12H2,1H3/t16-/m0/s1. The molecule has 28 heavy (non-hydrogen) atoms. The zero-order valence-electron chi connectivity index (χ0n) is 15.5. The molecule has 0 N–H and O–H groups in total. The molecule has 0 aliphatic carbocycles. The number of hydrogen-bond acceptors (Lipinski definition) is 4. The molecular formula is C20H21FN4O2S. The van der Waals surface area contributed by atoms with Gasteiger partial charge in [-0.3, -0.25) is 4.98 Å². The monoisotopic (exact) mass is 400 g/mol. The summed E-state index contributed by atoms with van der Waals surface area (Å²) in [5.41, 5.74) is 2.21. The fourth-order valence-corrected chi connectivity index (χ4v) is 5.03. The van der Waals surface area contributed by atoms with Gasteiger partial charge in [0.2, 0.25) is 0 Å². The number of halogens is 1. The summed E-state index contributed by atoms with van der Waals surface area (Å²) < 4.78 is 42.4. The van der Waals surface area contributed by atoms with E-state index in [0.717, 1.165) is 18.5 Å². The SMILES string of the molecule is Cn1cnc(S(=O)(=O)N2CCC[C@H](c3cccc(-c4cccc(F)c4)n3)C2)c1. The van der Waals surface area contributed by atoms with Gasteiger partial charge in [-0.15, -0.1) is 0 Å². The Morgan fingerprint density at radius 2 is 2.00 bits per heavy atom. The number of benzene rings is 1. The summed E-state index contributed by atoms with van der Waals surface area (Å²) in [7, 11) is -1.88. The largest absolute Gasteiger partial charge is 0.339 e. The molecule has 3 heterocycles. The van der Waals surface area contributed by atoms with Crippen molar-refractivity contribution in [2.24, 2.45) is 7.05 Å². The van der Waals surface area contributed by atoms with Gasteiger partial charge in [0.1, 0.15) is 5.82 Å². The third-order valence-corrected chi connectivity index (χ3v) is 6.73. The van der Waals surface area contributed by atoms with E-state index < -0.39 is 10.0 Å². The van der Waals surface area contributed by atoms with E-state index in [4.69, 9.17) is 4.98 Å². The van der Waals surface area contributed by atoms with E-state index in [2.05, 4.69) is 4.98 Å². The number of piperidine rings is 1. The molecule has 0 radical (unpaired) electrons. The summed E-state index contributed by atoms with van der Waals surface area (Å²) in [6.45, 7) is 0.831. The molecule has 8 heteroatoms. The van der Waals surface area contributed by atoms with Gasteiger partial charge in [-0.1, -0.05) is 18.2 Å². The number of imidazole rings is 1. The lowest BCUT2D eigenvalue weighted by atomic mass is 9.95. The maximum Gasteiger partial charge on any atom is 0.262 e. The van der Waals surface area contributed by atoms with Crippen LogP contribution in [0.4, 0.5) is 4.39 Å². The molecule has 4 rings (SSSR count). The van der Waals surface area contributed by atoms with Crippen LogP contribution >= 0.6 is 0 Å². The van der Waals surface area contributed by atoms with Crippen molar-refractivity contribution in [3.63, 3.8) is 0 Å². The van der Waals surface area contributed by atoms with Gasteiger partial charge < -0.3 is 4.57 Å². The number of nitrogens with zero attached hydrogens (tertiary/aromatic N) is 4. The Labute approximate surface area is 163 Å². The van der Waals surface area contributed by atoms with Gasteiger partial charge in [-0.05, 0) is 37.1 Å². The lowest BCUT2D eigenvalue weighted by molar-refractivity contribution is 0.312. The number of aryl methyl sites for hydroxylation is 1. The second kappa shape index (κ2) is 7.44. The molecule has 3 aromatic rings. The van der Waals surface area contributed by atoms with E-state index in [9.17, 15) is 12.8 Å². The highest BCUT2D eigenvalue weighted by Gasteiger charge is 2.32. The van der Waals surface area contributed by atoms with Crippen molar-refractivity contribution in [2.45, 2.75) is 23.8 Å². The quantitative estimate of drug-likeness (QED) is 0.675. The van der Waals surface area contributed by atoms with Crippen LogP contribution in [-0.2, 0) is 17.1 Å². The van der Waals surface area contributed by atoms with Gasteiger partial charge in [0, 0.05) is 43.5 Å². The van der Waals surface area contributed by atoms with Crippen molar-refractivity contribution in [3.8, 4) is 11.3 Å². The van der Waals surface area contributed by atoms with E-state index in [0.29, 0.717) is 24.3 Å². The molecular weight excluding hydrogens is 379 g/mol. The zero-order valence-corrected chi connectivity index (χ0v) is 16.3. The van der Waals surface area contributed by atoms with Gasteiger partial charge in [0.25, 0.3) is 10.0 Å². The van der Waals surface area contributed by atoms with Crippen LogP contribution in [0.1, 0.15) is 24.5 Å². The number of pyridine rings is 1. The fraction of sp³-hybridized carbons (Fsp3) is 0.300. The zero-order chi connectivity index (χ0) is 19.7. The Hall–Kier alpha value is -2.58. The Balaban J connectivity index is 1.59. The molecule has 1 atom stereocenters. The molecule has 1 aliphatic rings. The van der Waals surface area contributed by atoms with E-state index in [1.807, 2.05) is 24.3 Å². The third-order valence-electron chi connectivity index (χ3n) is 4.98. The van der Waals surface area contributed by atoms with Gasteiger partial charge in [0.05, 0.1) is 12.0 Å². The maximum atomic E-state index is 13.5. The molecule has 6 nitrogen and oxygen atoms in total. The summed E-state index contributed by atoms with van der Waals surface area (Å²) in [5.74, 6) is -0.323. The molecule has 1 aliphatic heterocycles. The van der Waals surface area contributed by atoms with Crippen LogP contribution in [0.3, 0.4) is 0 Å². The average Bonchev–Trinajstić information content (AvgIpc) is 3.15. The Morgan fingerprint density at radius 1 is 1.18 bits per heavy atom. The molecule has 146 valence electrons. The van der Waals surface area contributed by atoms with E-state index >= 15 is 0 Å². The minimum Gasteiger partial charge on any atom is -0.339 e. The Bertz CT molecular complexity index is 1100. The topological polar surface area (TPSA) is 68.1 Å². The minimum absolute atomic E-state index is 0.0132. The predicted molar refractivity (Wildman–Crippen MR) is 104 cm³/mol. The average molecular weight is 400 g/mol. The molecule has 0 spiro atoms. The summed E-state index contributed by atoms with van der Waals surface area (Å²) in [6, 6.07) is 11.9. The first-order chi connectivity index (χ1) is 13.4. The van der Waals surface area contributed by atoms with Crippen LogP contribution < -0.4 is 0 Å². The molecule has 1 fully saturated rings. The highest BCUT2D eigenvalue weighted by molar-refractivity contribution is 7.89. The van der Waals surface area contributed by atoms with Crippen LogP contribution in [0.2, 0.25) is 0 Å². The molecule has 1 aromatic carbocycles. The van der Waals surface area contributed by atoms with E-state index in [1.54, 1.807) is 17.7 Å². The third kappa shape index (κ3) is 3.70. The Kier molecular flexibility index (Phi) is 4.99. The molecule has 0 amide bonds. The van der Waals surface area contributed by atoms with Crippen molar-refractivity contribution < 1.29 is 12.8 Å². The van der Waals surface area contributed by atoms with Crippen molar-refractivity contribution in [3.05, 3.63) is 66.5 Å². The van der Waals surface area contributed by atoms with Crippen molar-refractivity contribution in [1.29, 1.82) is 0 Å². The second-order valence-electron chi connectivity index (χ2n) is 7.04. The van der Waals surface area contributed by atoms with E-state index in [1.165, 1.54) is 29.0 Å².